The Morgan fingerprint density at radius 1 is 1.45 bits per heavy atom. The molecule has 0 aromatic carbocycles. The molecular formula is C8H6ClNS. The molecule has 0 N–H and O–H groups in total. The second-order valence-corrected chi connectivity index (χ2v) is 3.57. The van der Waals surface area contributed by atoms with E-state index < -0.39 is 0 Å². The largest absolute Gasteiger partial charge is 0.252 e. The van der Waals surface area contributed by atoms with Crippen molar-refractivity contribution in [2.24, 2.45) is 0 Å². The molecule has 0 spiro atoms. The molecule has 0 aliphatic rings. The molecular weight excluding hydrogens is 178 g/mol. The summed E-state index contributed by atoms with van der Waals surface area (Å²) in [5.74, 6) is 0. The molecule has 56 valence electrons. The van der Waals surface area contributed by atoms with Gasteiger partial charge in [0.05, 0.1) is 10.5 Å². The predicted molar refractivity (Wildman–Crippen MR) is 49.4 cm³/mol. The van der Waals surface area contributed by atoms with E-state index in [2.05, 4.69) is 4.98 Å². The molecule has 0 unspecified atom stereocenters. The summed E-state index contributed by atoms with van der Waals surface area (Å²) in [6.07, 6.45) is 0. The third kappa shape index (κ3) is 1.12. The van der Waals surface area contributed by atoms with Gasteiger partial charge < -0.3 is 0 Å². The lowest BCUT2D eigenvalue weighted by Crippen LogP contribution is -1.79. The van der Waals surface area contributed by atoms with E-state index in [-0.39, 0.29) is 0 Å². The highest BCUT2D eigenvalue weighted by atomic mass is 35.5. The molecule has 0 radical (unpaired) electrons. The van der Waals surface area contributed by atoms with Gasteiger partial charge in [0, 0.05) is 21.8 Å². The third-order valence-electron chi connectivity index (χ3n) is 1.53. The monoisotopic (exact) mass is 183 g/mol. The van der Waals surface area contributed by atoms with Gasteiger partial charge in [-0.2, -0.15) is 0 Å². The number of hydrogen-bond acceptors (Lipinski definition) is 2. The summed E-state index contributed by atoms with van der Waals surface area (Å²) in [6, 6.07) is 1.89. The average Bonchev–Trinajstić information content (AvgIpc) is 2.34. The zero-order chi connectivity index (χ0) is 7.84. The van der Waals surface area contributed by atoms with Crippen LogP contribution < -0.4 is 0 Å². The van der Waals surface area contributed by atoms with Gasteiger partial charge in [-0.25, -0.2) is 0 Å². The molecule has 2 aromatic heterocycles. The van der Waals surface area contributed by atoms with Gasteiger partial charge in [0.1, 0.15) is 0 Å². The molecule has 0 bridgehead atoms. The van der Waals surface area contributed by atoms with Crippen molar-refractivity contribution in [1.82, 2.24) is 4.98 Å². The van der Waals surface area contributed by atoms with Gasteiger partial charge in [0.2, 0.25) is 0 Å². The summed E-state index contributed by atoms with van der Waals surface area (Å²) in [5.41, 5.74) is 1.97. The molecule has 2 rings (SSSR count). The Morgan fingerprint density at radius 3 is 3.09 bits per heavy atom. The number of pyridine rings is 1. The molecule has 2 aromatic rings. The first-order valence-corrected chi connectivity index (χ1v) is 4.58. The summed E-state index contributed by atoms with van der Waals surface area (Å²) >= 11 is 7.60. The van der Waals surface area contributed by atoms with Crippen LogP contribution in [-0.4, -0.2) is 4.98 Å². The van der Waals surface area contributed by atoms with E-state index in [4.69, 9.17) is 11.6 Å². The standard InChI is InChI=1S/C8H6ClNS/c1-5-2-7(9)6-3-11-4-8(6)10-5/h2-4H,1H3. The van der Waals surface area contributed by atoms with Gasteiger partial charge in [0.25, 0.3) is 0 Å². The normalized spacial score (nSPS) is 10.7. The highest BCUT2D eigenvalue weighted by Crippen LogP contribution is 2.25. The van der Waals surface area contributed by atoms with Gasteiger partial charge in [-0.3, -0.25) is 4.98 Å². The fourth-order valence-corrected chi connectivity index (χ4v) is 2.17. The van der Waals surface area contributed by atoms with Crippen LogP contribution in [0.2, 0.25) is 5.02 Å². The van der Waals surface area contributed by atoms with Crippen molar-refractivity contribution in [3.63, 3.8) is 0 Å². The Labute approximate surface area is 73.6 Å². The number of rotatable bonds is 0. The number of hydrogen-bond donors (Lipinski definition) is 0. The Balaban J connectivity index is 2.91. The molecule has 0 aliphatic carbocycles. The molecule has 0 aliphatic heterocycles. The maximum Gasteiger partial charge on any atom is 0.0827 e. The van der Waals surface area contributed by atoms with E-state index in [0.29, 0.717) is 0 Å². The summed E-state index contributed by atoms with van der Waals surface area (Å²) in [7, 11) is 0. The van der Waals surface area contributed by atoms with Crippen LogP contribution in [0.1, 0.15) is 5.69 Å². The highest BCUT2D eigenvalue weighted by molar-refractivity contribution is 7.09. The summed E-state index contributed by atoms with van der Waals surface area (Å²) in [5, 5.41) is 5.88. The van der Waals surface area contributed by atoms with E-state index in [9.17, 15) is 0 Å². The molecule has 0 saturated carbocycles. The van der Waals surface area contributed by atoms with Crippen molar-refractivity contribution in [2.45, 2.75) is 6.92 Å². The van der Waals surface area contributed by atoms with Crippen molar-refractivity contribution in [2.75, 3.05) is 0 Å². The van der Waals surface area contributed by atoms with Crippen molar-refractivity contribution < 1.29 is 0 Å². The Bertz CT molecular complexity index is 394. The van der Waals surface area contributed by atoms with Gasteiger partial charge in [0.15, 0.2) is 0 Å². The summed E-state index contributed by atoms with van der Waals surface area (Å²) in [6.45, 7) is 1.95. The zero-order valence-electron chi connectivity index (χ0n) is 5.97. The summed E-state index contributed by atoms with van der Waals surface area (Å²) < 4.78 is 0. The number of thiophene rings is 1. The lowest BCUT2D eigenvalue weighted by molar-refractivity contribution is 1.26. The fraction of sp³-hybridized carbons (Fsp3) is 0.125. The van der Waals surface area contributed by atoms with Crippen molar-refractivity contribution in [1.29, 1.82) is 0 Å². The molecule has 0 amide bonds. The zero-order valence-corrected chi connectivity index (χ0v) is 7.54. The quantitative estimate of drug-likeness (QED) is 0.611. The van der Waals surface area contributed by atoms with Gasteiger partial charge in [-0.05, 0) is 13.0 Å². The van der Waals surface area contributed by atoms with Crippen molar-refractivity contribution >= 4 is 33.8 Å². The smallest absolute Gasteiger partial charge is 0.0827 e. The van der Waals surface area contributed by atoms with E-state index in [0.717, 1.165) is 21.6 Å². The molecule has 0 atom stereocenters. The highest BCUT2D eigenvalue weighted by Gasteiger charge is 2.00. The Hall–Kier alpha value is -0.600. The van der Waals surface area contributed by atoms with Crippen molar-refractivity contribution in [3.8, 4) is 0 Å². The SMILES string of the molecule is Cc1cc(Cl)c2cscc2n1. The van der Waals surface area contributed by atoms with Crippen LogP contribution in [-0.2, 0) is 0 Å². The number of aromatic nitrogens is 1. The minimum atomic E-state index is 0.800. The maximum atomic E-state index is 5.97. The lowest BCUT2D eigenvalue weighted by atomic mass is 10.3. The molecule has 0 saturated heterocycles. The Kier molecular flexibility index (Phi) is 1.59. The first-order chi connectivity index (χ1) is 5.27. The number of nitrogens with zero attached hydrogens (tertiary/aromatic N) is 1. The molecule has 2 heterocycles. The van der Waals surface area contributed by atoms with E-state index >= 15 is 0 Å². The first kappa shape index (κ1) is 7.07. The topological polar surface area (TPSA) is 12.9 Å². The molecule has 11 heavy (non-hydrogen) atoms. The van der Waals surface area contributed by atoms with Crippen LogP contribution in [0.4, 0.5) is 0 Å². The predicted octanol–water partition coefficient (Wildman–Crippen LogP) is 3.26. The van der Waals surface area contributed by atoms with Crippen LogP contribution in [0.15, 0.2) is 16.8 Å². The van der Waals surface area contributed by atoms with Gasteiger partial charge >= 0.3 is 0 Å². The van der Waals surface area contributed by atoms with Crippen LogP contribution in [0.3, 0.4) is 0 Å². The van der Waals surface area contributed by atoms with Gasteiger partial charge in [-0.15, -0.1) is 11.3 Å². The lowest BCUT2D eigenvalue weighted by Gasteiger charge is -1.94. The molecule has 0 fully saturated rings. The number of halogens is 1. The average molecular weight is 184 g/mol. The second kappa shape index (κ2) is 2.47. The number of fused-ring (bicyclic) bond motifs is 1. The van der Waals surface area contributed by atoms with Gasteiger partial charge in [-0.1, -0.05) is 11.6 Å². The molecule has 3 heteroatoms. The van der Waals surface area contributed by atoms with E-state index in [1.165, 1.54) is 0 Å². The second-order valence-electron chi connectivity index (χ2n) is 2.42. The number of aryl methyl sites for hydroxylation is 1. The summed E-state index contributed by atoms with van der Waals surface area (Å²) in [4.78, 5) is 4.32. The molecule has 1 nitrogen and oxygen atoms in total. The van der Waals surface area contributed by atoms with E-state index in [1.807, 2.05) is 23.8 Å². The minimum absolute atomic E-state index is 0.800. The fourth-order valence-electron chi connectivity index (χ4n) is 1.04. The maximum absolute atomic E-state index is 5.97. The first-order valence-electron chi connectivity index (χ1n) is 3.26. The Morgan fingerprint density at radius 2 is 2.27 bits per heavy atom. The van der Waals surface area contributed by atoms with E-state index in [1.54, 1.807) is 11.3 Å². The van der Waals surface area contributed by atoms with Crippen LogP contribution >= 0.6 is 22.9 Å². The third-order valence-corrected chi connectivity index (χ3v) is 2.58. The van der Waals surface area contributed by atoms with Crippen LogP contribution in [0.5, 0.6) is 0 Å². The van der Waals surface area contributed by atoms with Crippen LogP contribution in [0.25, 0.3) is 10.9 Å². The minimum Gasteiger partial charge on any atom is -0.252 e. The van der Waals surface area contributed by atoms with Crippen LogP contribution in [0, 0.1) is 6.92 Å². The van der Waals surface area contributed by atoms with Crippen molar-refractivity contribution in [3.05, 3.63) is 27.5 Å².